The van der Waals surface area contributed by atoms with Crippen LogP contribution in [0.1, 0.15) is 15.9 Å². The minimum absolute atomic E-state index is 0.319. The molecule has 0 aliphatic carbocycles. The molecular weight excluding hydrogens is 140 g/mol. The van der Waals surface area contributed by atoms with Crippen molar-refractivity contribution < 1.29 is 4.79 Å². The van der Waals surface area contributed by atoms with Crippen molar-refractivity contribution in [2.24, 2.45) is 0 Å². The highest BCUT2D eigenvalue weighted by atomic mass is 16.1. The van der Waals surface area contributed by atoms with E-state index < -0.39 is 0 Å². The largest absolute Gasteiger partial charge is 0.399 e. The Morgan fingerprint density at radius 1 is 1.55 bits per heavy atom. The molecule has 0 fully saturated rings. The van der Waals surface area contributed by atoms with Gasteiger partial charge in [-0.2, -0.15) is 5.26 Å². The number of nitrogen functional groups attached to an aromatic ring is 1. The second kappa shape index (κ2) is 2.84. The van der Waals surface area contributed by atoms with Gasteiger partial charge in [-0.25, -0.2) is 0 Å². The molecule has 3 heteroatoms. The number of carbonyl (C=O) groups excluding carboxylic acids is 1. The normalized spacial score (nSPS) is 8.64. The molecule has 1 rings (SSSR count). The molecule has 0 unspecified atom stereocenters. The number of benzene rings is 1. The number of carbonyl (C=O) groups is 1. The Bertz CT molecular complexity index is 325. The minimum Gasteiger partial charge on any atom is -0.399 e. The summed E-state index contributed by atoms with van der Waals surface area (Å²) in [5.74, 6) is 0. The van der Waals surface area contributed by atoms with Crippen LogP contribution in [0.3, 0.4) is 0 Å². The van der Waals surface area contributed by atoms with E-state index in [0.29, 0.717) is 23.1 Å². The summed E-state index contributed by atoms with van der Waals surface area (Å²) < 4.78 is 0. The van der Waals surface area contributed by atoms with Gasteiger partial charge in [0.05, 0.1) is 11.6 Å². The summed E-state index contributed by atoms with van der Waals surface area (Å²) in [6.45, 7) is 0. The van der Waals surface area contributed by atoms with E-state index in [1.165, 1.54) is 12.1 Å². The van der Waals surface area contributed by atoms with Crippen molar-refractivity contribution >= 4 is 12.0 Å². The zero-order chi connectivity index (χ0) is 8.27. The summed E-state index contributed by atoms with van der Waals surface area (Å²) in [6, 6.07) is 6.47. The smallest absolute Gasteiger partial charge is 0.151 e. The van der Waals surface area contributed by atoms with E-state index in [-0.39, 0.29) is 0 Å². The Hall–Kier alpha value is -1.82. The average molecular weight is 146 g/mol. The third kappa shape index (κ3) is 1.36. The highest BCUT2D eigenvalue weighted by molar-refractivity contribution is 5.80. The zero-order valence-corrected chi connectivity index (χ0v) is 5.74. The summed E-state index contributed by atoms with van der Waals surface area (Å²) in [4.78, 5) is 10.3. The van der Waals surface area contributed by atoms with Gasteiger partial charge in [-0.3, -0.25) is 4.79 Å². The van der Waals surface area contributed by atoms with Crippen LogP contribution in [0.25, 0.3) is 0 Å². The van der Waals surface area contributed by atoms with Gasteiger partial charge in [0.15, 0.2) is 6.29 Å². The third-order valence-electron chi connectivity index (χ3n) is 1.32. The number of hydrogen-bond donors (Lipinski definition) is 1. The van der Waals surface area contributed by atoms with E-state index in [9.17, 15) is 4.79 Å². The summed E-state index contributed by atoms with van der Waals surface area (Å²) in [7, 11) is 0. The number of nitrogens with zero attached hydrogens (tertiary/aromatic N) is 1. The van der Waals surface area contributed by atoms with Crippen molar-refractivity contribution in [3.05, 3.63) is 29.3 Å². The predicted molar refractivity (Wildman–Crippen MR) is 41.0 cm³/mol. The lowest BCUT2D eigenvalue weighted by atomic mass is 10.1. The first kappa shape index (κ1) is 7.29. The van der Waals surface area contributed by atoms with Crippen molar-refractivity contribution in [3.8, 4) is 6.07 Å². The van der Waals surface area contributed by atoms with Gasteiger partial charge in [-0.1, -0.05) is 0 Å². The van der Waals surface area contributed by atoms with E-state index in [1.54, 1.807) is 6.07 Å². The van der Waals surface area contributed by atoms with Gasteiger partial charge < -0.3 is 5.73 Å². The van der Waals surface area contributed by atoms with Crippen LogP contribution >= 0.6 is 0 Å². The maximum absolute atomic E-state index is 10.3. The van der Waals surface area contributed by atoms with E-state index in [2.05, 4.69) is 0 Å². The summed E-state index contributed by atoms with van der Waals surface area (Å²) in [6.07, 6.45) is 0.637. The molecule has 0 aliphatic rings. The Morgan fingerprint density at radius 2 is 2.27 bits per heavy atom. The van der Waals surface area contributed by atoms with Crippen LogP contribution < -0.4 is 5.73 Å². The molecule has 0 spiro atoms. The molecule has 0 bridgehead atoms. The molecule has 11 heavy (non-hydrogen) atoms. The quantitative estimate of drug-likeness (QED) is 0.473. The molecule has 0 radical (unpaired) electrons. The Labute approximate surface area is 64.1 Å². The molecular formula is C8H6N2O. The maximum Gasteiger partial charge on any atom is 0.151 e. The molecule has 0 aliphatic heterocycles. The number of aldehydes is 1. The second-order valence-corrected chi connectivity index (χ2v) is 2.08. The van der Waals surface area contributed by atoms with Gasteiger partial charge in [-0.15, -0.1) is 0 Å². The van der Waals surface area contributed by atoms with E-state index >= 15 is 0 Å². The van der Waals surface area contributed by atoms with Crippen LogP contribution in [-0.2, 0) is 0 Å². The first-order valence-corrected chi connectivity index (χ1v) is 3.02. The molecule has 0 heterocycles. The predicted octanol–water partition coefficient (Wildman–Crippen LogP) is 0.953. The fourth-order valence-electron chi connectivity index (χ4n) is 0.773. The Kier molecular flexibility index (Phi) is 1.88. The van der Waals surface area contributed by atoms with Gasteiger partial charge in [0.1, 0.15) is 0 Å². The van der Waals surface area contributed by atoms with Gasteiger partial charge in [0.2, 0.25) is 0 Å². The molecule has 0 saturated carbocycles. The second-order valence-electron chi connectivity index (χ2n) is 2.08. The number of nitriles is 1. The third-order valence-corrected chi connectivity index (χ3v) is 1.32. The monoisotopic (exact) mass is 146 g/mol. The Balaban J connectivity index is 3.30. The van der Waals surface area contributed by atoms with Crippen molar-refractivity contribution in [1.29, 1.82) is 5.26 Å². The molecule has 0 amide bonds. The highest BCUT2D eigenvalue weighted by Crippen LogP contribution is 2.09. The van der Waals surface area contributed by atoms with Gasteiger partial charge in [-0.05, 0) is 18.2 Å². The maximum atomic E-state index is 10.3. The van der Waals surface area contributed by atoms with Crippen molar-refractivity contribution in [1.82, 2.24) is 0 Å². The van der Waals surface area contributed by atoms with Crippen molar-refractivity contribution in [2.45, 2.75) is 0 Å². The van der Waals surface area contributed by atoms with Crippen molar-refractivity contribution in [3.63, 3.8) is 0 Å². The molecule has 1 aromatic carbocycles. The molecule has 3 nitrogen and oxygen atoms in total. The number of nitrogens with two attached hydrogens (primary N) is 1. The van der Waals surface area contributed by atoms with Gasteiger partial charge in [0, 0.05) is 11.3 Å². The number of hydrogen-bond acceptors (Lipinski definition) is 3. The SMILES string of the molecule is N#Cc1cc(N)ccc1C=O. The van der Waals surface area contributed by atoms with Crippen molar-refractivity contribution in [2.75, 3.05) is 5.73 Å². The van der Waals surface area contributed by atoms with Crippen LogP contribution in [0, 0.1) is 11.3 Å². The van der Waals surface area contributed by atoms with Gasteiger partial charge >= 0.3 is 0 Å². The number of anilines is 1. The van der Waals surface area contributed by atoms with Crippen LogP contribution in [0.4, 0.5) is 5.69 Å². The Morgan fingerprint density at radius 3 is 2.82 bits per heavy atom. The first-order valence-electron chi connectivity index (χ1n) is 3.02. The summed E-state index contributed by atoms with van der Waals surface area (Å²) in [5, 5.41) is 8.51. The molecule has 0 atom stereocenters. The zero-order valence-electron chi connectivity index (χ0n) is 5.74. The van der Waals surface area contributed by atoms with E-state index in [0.717, 1.165) is 0 Å². The minimum atomic E-state index is 0.319. The lowest BCUT2D eigenvalue weighted by molar-refractivity contribution is 0.112. The van der Waals surface area contributed by atoms with E-state index in [1.807, 2.05) is 6.07 Å². The molecule has 54 valence electrons. The average Bonchev–Trinajstić information content (AvgIpc) is 2.04. The van der Waals surface area contributed by atoms with Crippen LogP contribution in [0.5, 0.6) is 0 Å². The summed E-state index contributed by atoms with van der Waals surface area (Å²) >= 11 is 0. The molecule has 0 saturated heterocycles. The first-order chi connectivity index (χ1) is 5.27. The highest BCUT2D eigenvalue weighted by Gasteiger charge is 1.99. The van der Waals surface area contributed by atoms with E-state index in [4.69, 9.17) is 11.0 Å². The molecule has 2 N–H and O–H groups in total. The fraction of sp³-hybridized carbons (Fsp3) is 0. The molecule has 1 aromatic rings. The van der Waals surface area contributed by atoms with Crippen LogP contribution in [0.15, 0.2) is 18.2 Å². The lowest BCUT2D eigenvalue weighted by Crippen LogP contribution is -1.90. The fourth-order valence-corrected chi connectivity index (χ4v) is 0.773. The summed E-state index contributed by atoms with van der Waals surface area (Å²) in [5.41, 5.74) is 6.58. The number of rotatable bonds is 1. The van der Waals surface area contributed by atoms with Crippen LogP contribution in [-0.4, -0.2) is 6.29 Å². The topological polar surface area (TPSA) is 66.9 Å². The standard InChI is InChI=1S/C8H6N2O/c9-4-7-3-8(10)2-1-6(7)5-11/h1-3,5H,10H2. The molecule has 0 aromatic heterocycles. The lowest BCUT2D eigenvalue weighted by Gasteiger charge is -1.95. The van der Waals surface area contributed by atoms with Gasteiger partial charge in [0.25, 0.3) is 0 Å². The van der Waals surface area contributed by atoms with Crippen LogP contribution in [0.2, 0.25) is 0 Å².